The normalized spacial score (nSPS) is 10.7. The lowest BCUT2D eigenvalue weighted by Crippen LogP contribution is -2.18. The number of carbonyl (C=O) groups is 2. The van der Waals surface area contributed by atoms with E-state index in [0.717, 1.165) is 11.1 Å². The molecule has 26 heavy (non-hydrogen) atoms. The van der Waals surface area contributed by atoms with Crippen LogP contribution in [0.2, 0.25) is 0 Å². The second-order valence-corrected chi connectivity index (χ2v) is 6.50. The van der Waals surface area contributed by atoms with Gasteiger partial charge in [0.15, 0.2) is 0 Å². The number of amides is 1. The third kappa shape index (κ3) is 6.01. The van der Waals surface area contributed by atoms with E-state index in [1.807, 2.05) is 26.0 Å². The van der Waals surface area contributed by atoms with Crippen molar-refractivity contribution < 1.29 is 19.1 Å². The van der Waals surface area contributed by atoms with E-state index in [4.69, 9.17) is 9.47 Å². The molecule has 0 aliphatic rings. The highest BCUT2D eigenvalue weighted by Crippen LogP contribution is 2.13. The second-order valence-electron chi connectivity index (χ2n) is 6.50. The van der Waals surface area contributed by atoms with Gasteiger partial charge in [-0.1, -0.05) is 23.8 Å². The molecule has 0 unspecified atom stereocenters. The molecule has 0 aliphatic carbocycles. The van der Waals surface area contributed by atoms with Crippen LogP contribution in [-0.4, -0.2) is 24.6 Å². The zero-order valence-electron chi connectivity index (χ0n) is 15.7. The molecule has 0 saturated carbocycles. The van der Waals surface area contributed by atoms with Crippen LogP contribution in [0.4, 0.5) is 5.69 Å². The lowest BCUT2D eigenvalue weighted by atomic mass is 10.1. The van der Waals surface area contributed by atoms with Crippen molar-refractivity contribution in [3.63, 3.8) is 0 Å². The van der Waals surface area contributed by atoms with Gasteiger partial charge < -0.3 is 14.8 Å². The van der Waals surface area contributed by atoms with Gasteiger partial charge in [0, 0.05) is 5.69 Å². The SMILES string of the molecule is Cc1ccc(COCC(=O)Nc2ccc(C(=O)OC(C)C)cc2)c(C)c1. The standard InChI is InChI=1S/C21H25NO4/c1-14(2)26-21(24)17-7-9-19(10-8-17)22-20(23)13-25-12-18-6-5-15(3)11-16(18)4/h5-11,14H,12-13H2,1-4H3,(H,22,23). The first-order chi connectivity index (χ1) is 12.3. The minimum absolute atomic E-state index is 0.0372. The Bertz CT molecular complexity index is 766. The van der Waals surface area contributed by atoms with Crippen molar-refractivity contribution >= 4 is 17.6 Å². The van der Waals surface area contributed by atoms with E-state index in [-0.39, 0.29) is 24.6 Å². The van der Waals surface area contributed by atoms with E-state index in [1.165, 1.54) is 5.56 Å². The van der Waals surface area contributed by atoms with Crippen LogP contribution in [0.15, 0.2) is 42.5 Å². The first-order valence-electron chi connectivity index (χ1n) is 8.60. The molecular weight excluding hydrogens is 330 g/mol. The number of carbonyl (C=O) groups excluding carboxylic acids is 2. The Morgan fingerprint density at radius 2 is 1.73 bits per heavy atom. The molecule has 5 heteroatoms. The Hall–Kier alpha value is -2.66. The first-order valence-corrected chi connectivity index (χ1v) is 8.60. The summed E-state index contributed by atoms with van der Waals surface area (Å²) in [6, 6.07) is 12.7. The summed E-state index contributed by atoms with van der Waals surface area (Å²) < 4.78 is 10.6. The molecule has 1 amide bonds. The van der Waals surface area contributed by atoms with Crippen LogP contribution in [0.1, 0.15) is 40.9 Å². The minimum atomic E-state index is -0.380. The van der Waals surface area contributed by atoms with Gasteiger partial charge in [-0.05, 0) is 63.1 Å². The Balaban J connectivity index is 1.81. The van der Waals surface area contributed by atoms with Gasteiger partial charge in [0.2, 0.25) is 5.91 Å². The number of rotatable bonds is 7. The number of ether oxygens (including phenoxy) is 2. The monoisotopic (exact) mass is 355 g/mol. The molecule has 2 aromatic rings. The topological polar surface area (TPSA) is 64.6 Å². The second kappa shape index (κ2) is 9.15. The van der Waals surface area contributed by atoms with E-state index in [1.54, 1.807) is 38.1 Å². The molecule has 0 aromatic heterocycles. The summed E-state index contributed by atoms with van der Waals surface area (Å²) in [4.78, 5) is 23.8. The van der Waals surface area contributed by atoms with Crippen LogP contribution in [-0.2, 0) is 20.9 Å². The van der Waals surface area contributed by atoms with Gasteiger partial charge >= 0.3 is 5.97 Å². The van der Waals surface area contributed by atoms with E-state index >= 15 is 0 Å². The van der Waals surface area contributed by atoms with Crippen molar-refractivity contribution in [1.82, 2.24) is 0 Å². The van der Waals surface area contributed by atoms with Gasteiger partial charge in [0.1, 0.15) is 6.61 Å². The van der Waals surface area contributed by atoms with Crippen LogP contribution in [0, 0.1) is 13.8 Å². The van der Waals surface area contributed by atoms with E-state index in [9.17, 15) is 9.59 Å². The Labute approximate surface area is 154 Å². The summed E-state index contributed by atoms with van der Waals surface area (Å²) in [5.41, 5.74) is 4.46. The number of benzene rings is 2. The first kappa shape index (κ1) is 19.7. The maximum atomic E-state index is 12.0. The molecule has 0 atom stereocenters. The third-order valence-corrected chi connectivity index (χ3v) is 3.74. The summed E-state index contributed by atoms with van der Waals surface area (Å²) in [6.07, 6.45) is -0.170. The van der Waals surface area contributed by atoms with Gasteiger partial charge in [-0.15, -0.1) is 0 Å². The van der Waals surface area contributed by atoms with Crippen molar-refractivity contribution in [2.24, 2.45) is 0 Å². The molecule has 0 aliphatic heterocycles. The zero-order chi connectivity index (χ0) is 19.1. The quantitative estimate of drug-likeness (QED) is 0.762. The maximum absolute atomic E-state index is 12.0. The molecule has 1 N–H and O–H groups in total. The fourth-order valence-electron chi connectivity index (χ4n) is 2.43. The summed E-state index contributed by atoms with van der Waals surface area (Å²) >= 11 is 0. The number of anilines is 1. The largest absolute Gasteiger partial charge is 0.459 e. The highest BCUT2D eigenvalue weighted by atomic mass is 16.5. The van der Waals surface area contributed by atoms with Crippen molar-refractivity contribution in [3.8, 4) is 0 Å². The van der Waals surface area contributed by atoms with E-state index in [2.05, 4.69) is 11.4 Å². The number of hydrogen-bond acceptors (Lipinski definition) is 4. The number of hydrogen-bond donors (Lipinski definition) is 1. The van der Waals surface area contributed by atoms with Crippen molar-refractivity contribution in [1.29, 1.82) is 0 Å². The minimum Gasteiger partial charge on any atom is -0.459 e. The molecule has 0 bridgehead atoms. The lowest BCUT2D eigenvalue weighted by molar-refractivity contribution is -0.121. The van der Waals surface area contributed by atoms with Gasteiger partial charge in [0.05, 0.1) is 18.3 Å². The molecule has 0 fully saturated rings. The molecule has 5 nitrogen and oxygen atoms in total. The molecule has 2 aromatic carbocycles. The number of nitrogens with one attached hydrogen (secondary N) is 1. The molecule has 0 radical (unpaired) electrons. The van der Waals surface area contributed by atoms with Crippen LogP contribution < -0.4 is 5.32 Å². The average molecular weight is 355 g/mol. The molecule has 0 heterocycles. The molecule has 0 spiro atoms. The van der Waals surface area contributed by atoms with Gasteiger partial charge in [-0.2, -0.15) is 0 Å². The fourth-order valence-corrected chi connectivity index (χ4v) is 2.43. The Kier molecular flexibility index (Phi) is 6.92. The zero-order valence-corrected chi connectivity index (χ0v) is 15.7. The Morgan fingerprint density at radius 1 is 1.04 bits per heavy atom. The van der Waals surface area contributed by atoms with Gasteiger partial charge in [0.25, 0.3) is 0 Å². The fraction of sp³-hybridized carbons (Fsp3) is 0.333. The average Bonchev–Trinajstić information content (AvgIpc) is 2.57. The number of aryl methyl sites for hydroxylation is 2. The summed E-state index contributed by atoms with van der Waals surface area (Å²) in [6.45, 7) is 8.01. The van der Waals surface area contributed by atoms with Crippen molar-refractivity contribution in [3.05, 3.63) is 64.7 Å². The molecule has 138 valence electrons. The predicted molar refractivity (Wildman–Crippen MR) is 101 cm³/mol. The smallest absolute Gasteiger partial charge is 0.338 e. The summed E-state index contributed by atoms with van der Waals surface area (Å²) in [5.74, 6) is -0.623. The highest BCUT2D eigenvalue weighted by Gasteiger charge is 2.10. The summed E-state index contributed by atoms with van der Waals surface area (Å²) in [5, 5.41) is 2.74. The highest BCUT2D eigenvalue weighted by molar-refractivity contribution is 5.93. The van der Waals surface area contributed by atoms with E-state index < -0.39 is 0 Å². The van der Waals surface area contributed by atoms with Crippen molar-refractivity contribution in [2.75, 3.05) is 11.9 Å². The molecule has 0 saturated heterocycles. The maximum Gasteiger partial charge on any atom is 0.338 e. The Morgan fingerprint density at radius 3 is 2.35 bits per heavy atom. The molecule has 2 rings (SSSR count). The van der Waals surface area contributed by atoms with Gasteiger partial charge in [-0.3, -0.25) is 4.79 Å². The third-order valence-electron chi connectivity index (χ3n) is 3.74. The van der Waals surface area contributed by atoms with Crippen LogP contribution in [0.3, 0.4) is 0 Å². The summed E-state index contributed by atoms with van der Waals surface area (Å²) in [7, 11) is 0. The predicted octanol–water partition coefficient (Wildman–Crippen LogP) is 4.02. The van der Waals surface area contributed by atoms with E-state index in [0.29, 0.717) is 17.9 Å². The number of esters is 1. The van der Waals surface area contributed by atoms with Crippen molar-refractivity contribution in [2.45, 2.75) is 40.4 Å². The van der Waals surface area contributed by atoms with Crippen LogP contribution in [0.5, 0.6) is 0 Å². The van der Waals surface area contributed by atoms with Crippen LogP contribution in [0.25, 0.3) is 0 Å². The van der Waals surface area contributed by atoms with Crippen LogP contribution >= 0.6 is 0 Å². The lowest BCUT2D eigenvalue weighted by Gasteiger charge is -2.10. The van der Waals surface area contributed by atoms with Gasteiger partial charge in [-0.25, -0.2) is 4.79 Å². The molecular formula is C21H25NO4.